The van der Waals surface area contributed by atoms with E-state index in [0.717, 1.165) is 47.3 Å². The van der Waals surface area contributed by atoms with Gasteiger partial charge in [-0.05, 0) is 53.8 Å². The molecule has 0 aliphatic heterocycles. The van der Waals surface area contributed by atoms with E-state index in [0.29, 0.717) is 11.6 Å². The van der Waals surface area contributed by atoms with Crippen LogP contribution >= 0.6 is 0 Å². The average Bonchev–Trinajstić information content (AvgIpc) is 2.94. The lowest BCUT2D eigenvalue weighted by atomic mass is 9.32. The van der Waals surface area contributed by atoms with Crippen molar-refractivity contribution in [3.63, 3.8) is 0 Å². The summed E-state index contributed by atoms with van der Waals surface area (Å²) < 4.78 is 0. The lowest BCUT2D eigenvalue weighted by Crippen LogP contribution is -2.46. The molecule has 0 aromatic rings. The van der Waals surface area contributed by atoms with Crippen molar-refractivity contribution in [2.75, 3.05) is 0 Å². The van der Waals surface area contributed by atoms with Crippen LogP contribution in [0.4, 0.5) is 0 Å². The van der Waals surface area contributed by atoms with Gasteiger partial charge in [0.1, 0.15) is 0 Å². The molecule has 4 fully saturated rings. The second kappa shape index (κ2) is 20.5. The molecule has 0 nitrogen and oxygen atoms in total. The van der Waals surface area contributed by atoms with E-state index >= 15 is 0 Å². The molecule has 4 aliphatic rings. The summed E-state index contributed by atoms with van der Waals surface area (Å²) in [6.07, 6.45) is 28.2. The maximum atomic E-state index is 6.86. The van der Waals surface area contributed by atoms with Gasteiger partial charge in [0, 0.05) is 30.1 Å². The quantitative estimate of drug-likeness (QED) is 0.254. The minimum Gasteiger partial charge on any atom is -0.0721 e. The first-order chi connectivity index (χ1) is 19.1. The molecule has 0 amide bonds. The van der Waals surface area contributed by atoms with E-state index in [1.54, 1.807) is 0 Å². The summed E-state index contributed by atoms with van der Waals surface area (Å²) in [6.45, 7) is 9.54. The van der Waals surface area contributed by atoms with E-state index in [1.165, 1.54) is 128 Å². The third-order valence-corrected chi connectivity index (χ3v) is 11.7. The molecule has 219 valence electrons. The van der Waals surface area contributed by atoms with Crippen LogP contribution < -0.4 is 0 Å². The van der Waals surface area contributed by atoms with Gasteiger partial charge in [0.05, 0.1) is 15.0 Å². The van der Waals surface area contributed by atoms with Crippen LogP contribution in [0.1, 0.15) is 156 Å². The molecule has 4 aliphatic carbocycles. The SMILES string of the molecule is S=S.[B][B]C1C2CCCCC3C(CCC)C([B])C3CCC(CCC)CCCCC(CCC)CCC1C2CCC. The highest BCUT2D eigenvalue weighted by molar-refractivity contribution is 8.07. The zero-order valence-corrected chi connectivity index (χ0v) is 28.1. The molecule has 2 bridgehead atoms. The van der Waals surface area contributed by atoms with E-state index < -0.39 is 0 Å². The van der Waals surface area contributed by atoms with Crippen molar-refractivity contribution < 1.29 is 0 Å². The van der Waals surface area contributed by atoms with Gasteiger partial charge in [0.15, 0.2) is 0 Å². The molecule has 5 heteroatoms. The summed E-state index contributed by atoms with van der Waals surface area (Å²) in [7, 11) is 15.3. The Morgan fingerprint density at radius 2 is 0.974 bits per heavy atom. The van der Waals surface area contributed by atoms with Crippen LogP contribution in [0.3, 0.4) is 0 Å². The number of fused-ring (bicyclic) bond motifs is 12. The summed E-state index contributed by atoms with van der Waals surface area (Å²) in [5.41, 5.74) is 0. The van der Waals surface area contributed by atoms with Crippen LogP contribution in [0.15, 0.2) is 0 Å². The standard InChI is InChI=1S/C34H62B3.S2/c1-5-13-25-17-9-10-18-26(14-6-2)22-24-32-27(15-7-3)31(34(32)37-36)20-12-11-19-28-29(16-8-4)33(35)30(28)23-21-25;1-2/h25-34H,5-24H2,1-4H3;. The Kier molecular flexibility index (Phi) is 18.9. The smallest absolute Gasteiger partial charge is 0.0707 e. The highest BCUT2D eigenvalue weighted by Crippen LogP contribution is 2.58. The maximum absolute atomic E-state index is 6.86. The molecule has 0 spiro atoms. The van der Waals surface area contributed by atoms with Gasteiger partial charge in [-0.25, -0.2) is 0 Å². The molecule has 10 atom stereocenters. The van der Waals surface area contributed by atoms with Gasteiger partial charge in [-0.3, -0.25) is 0 Å². The predicted octanol–water partition coefficient (Wildman–Crippen LogP) is 10.4. The monoisotopic (exact) mass is 567 g/mol. The van der Waals surface area contributed by atoms with Crippen molar-refractivity contribution in [2.45, 2.75) is 168 Å². The molecule has 0 aromatic carbocycles. The zero-order chi connectivity index (χ0) is 28.6. The van der Waals surface area contributed by atoms with E-state index in [-0.39, 0.29) is 0 Å². The van der Waals surface area contributed by atoms with Crippen LogP contribution in [0.25, 0.3) is 0 Å². The van der Waals surface area contributed by atoms with Crippen molar-refractivity contribution in [3.8, 4) is 0 Å². The fourth-order valence-corrected chi connectivity index (χ4v) is 9.72. The van der Waals surface area contributed by atoms with E-state index in [4.69, 9.17) is 15.6 Å². The van der Waals surface area contributed by atoms with E-state index in [9.17, 15) is 0 Å². The largest absolute Gasteiger partial charge is 0.0721 e. The summed E-state index contributed by atoms with van der Waals surface area (Å²) in [4.78, 5) is 0. The average molecular weight is 567 g/mol. The summed E-state index contributed by atoms with van der Waals surface area (Å²) in [5.74, 6) is 8.24. The van der Waals surface area contributed by atoms with Crippen LogP contribution in [-0.2, 0) is 22.4 Å². The molecular formula is C34H62B3S2. The molecular weight excluding hydrogens is 505 g/mol. The van der Waals surface area contributed by atoms with Crippen molar-refractivity contribution in [1.29, 1.82) is 0 Å². The van der Waals surface area contributed by atoms with Crippen LogP contribution in [-0.4, -0.2) is 22.8 Å². The second-order valence-electron chi connectivity index (χ2n) is 13.9. The highest BCUT2D eigenvalue weighted by Gasteiger charge is 2.47. The van der Waals surface area contributed by atoms with Crippen molar-refractivity contribution in [2.24, 2.45) is 47.3 Å². The first-order valence-corrected chi connectivity index (χ1v) is 18.9. The lowest BCUT2D eigenvalue weighted by molar-refractivity contribution is 0.0329. The Labute approximate surface area is 259 Å². The topological polar surface area (TPSA) is 0 Å². The summed E-state index contributed by atoms with van der Waals surface area (Å²) in [5, 5.41) is 0. The molecule has 0 N–H and O–H groups in total. The van der Waals surface area contributed by atoms with Gasteiger partial charge in [-0.1, -0.05) is 161 Å². The first-order valence-electron chi connectivity index (χ1n) is 17.6. The Morgan fingerprint density at radius 3 is 1.49 bits per heavy atom. The summed E-state index contributed by atoms with van der Waals surface area (Å²) >= 11 is 7.33. The second-order valence-corrected chi connectivity index (χ2v) is 13.9. The normalized spacial score (nSPS) is 38.3. The van der Waals surface area contributed by atoms with Gasteiger partial charge < -0.3 is 0 Å². The summed E-state index contributed by atoms with van der Waals surface area (Å²) in [6, 6.07) is 0. The van der Waals surface area contributed by atoms with Gasteiger partial charge in [0.2, 0.25) is 0 Å². The molecule has 5 radical (unpaired) electrons. The van der Waals surface area contributed by atoms with Crippen molar-refractivity contribution in [3.05, 3.63) is 0 Å². The minimum absolute atomic E-state index is 0.480. The molecule has 10 unspecified atom stereocenters. The number of hydrogen-bond acceptors (Lipinski definition) is 2. The Hall–Kier alpha value is 0.635. The zero-order valence-electron chi connectivity index (χ0n) is 26.5. The molecule has 39 heavy (non-hydrogen) atoms. The molecule has 4 saturated carbocycles. The fourth-order valence-electron chi connectivity index (χ4n) is 9.72. The van der Waals surface area contributed by atoms with Gasteiger partial charge in [-0.15, -0.1) is 0 Å². The highest BCUT2D eigenvalue weighted by atomic mass is 32.8. The Balaban J connectivity index is 0.00000260. The van der Waals surface area contributed by atoms with Crippen molar-refractivity contribution >= 4 is 45.1 Å². The molecule has 4 rings (SSSR count). The fraction of sp³-hybridized carbons (Fsp3) is 1.00. The lowest BCUT2D eigenvalue weighted by Gasteiger charge is -2.54. The first kappa shape index (κ1) is 35.8. The molecule has 0 saturated heterocycles. The van der Waals surface area contributed by atoms with Gasteiger partial charge in [0.25, 0.3) is 0 Å². The number of hydrogen-bond donors (Lipinski definition) is 0. The Bertz CT molecular complexity index is 619. The van der Waals surface area contributed by atoms with E-state index in [1.807, 2.05) is 0 Å². The van der Waals surface area contributed by atoms with Gasteiger partial charge >= 0.3 is 0 Å². The maximum Gasteiger partial charge on any atom is 0.0707 e. The van der Waals surface area contributed by atoms with Crippen LogP contribution in [0.2, 0.25) is 11.6 Å². The predicted molar refractivity (Wildman–Crippen MR) is 182 cm³/mol. The number of rotatable bonds is 9. The van der Waals surface area contributed by atoms with Crippen LogP contribution in [0.5, 0.6) is 0 Å². The van der Waals surface area contributed by atoms with Crippen molar-refractivity contribution in [1.82, 2.24) is 0 Å². The van der Waals surface area contributed by atoms with E-state index in [2.05, 4.69) is 57.2 Å². The van der Waals surface area contributed by atoms with Gasteiger partial charge in [-0.2, -0.15) is 0 Å². The third kappa shape index (κ3) is 10.4. The Morgan fingerprint density at radius 1 is 0.538 bits per heavy atom. The molecule has 0 heterocycles. The molecule has 0 aromatic heterocycles. The minimum atomic E-state index is 0.480. The van der Waals surface area contributed by atoms with Crippen LogP contribution in [0, 0.1) is 47.3 Å². The third-order valence-electron chi connectivity index (χ3n) is 11.7.